The summed E-state index contributed by atoms with van der Waals surface area (Å²) >= 11 is 0. The maximum atomic E-state index is 5.45. The molecule has 2 N–H and O–H groups in total. The normalized spacial score (nSPS) is 14.4. The van der Waals surface area contributed by atoms with Crippen molar-refractivity contribution >= 4 is 12.3 Å². The molecule has 1 heteroatoms. The predicted octanol–water partition coefficient (Wildman–Crippen LogP) is 0.740. The van der Waals surface area contributed by atoms with Crippen molar-refractivity contribution in [2.75, 3.05) is 0 Å². The first-order valence-electron chi connectivity index (χ1n) is 3.98. The lowest BCUT2D eigenvalue weighted by atomic mass is 10.2. The Morgan fingerprint density at radius 3 is 2.42 bits per heavy atom. The molecule has 0 spiro atoms. The zero-order valence-electron chi connectivity index (χ0n) is 7.20. The van der Waals surface area contributed by atoms with Crippen LogP contribution in [0, 0.1) is 0 Å². The number of nitrogens with two attached hydrogens (primary N) is 1. The summed E-state index contributed by atoms with van der Waals surface area (Å²) < 4.78 is 0. The molecule has 0 amide bonds. The molecule has 0 aliphatic rings. The van der Waals surface area contributed by atoms with E-state index in [4.69, 9.17) is 5.73 Å². The van der Waals surface area contributed by atoms with E-state index in [1.54, 1.807) is 6.20 Å². The van der Waals surface area contributed by atoms with Gasteiger partial charge in [-0.05, 0) is 17.4 Å². The van der Waals surface area contributed by atoms with E-state index in [0.29, 0.717) is 0 Å². The molecule has 12 heavy (non-hydrogen) atoms. The lowest BCUT2D eigenvalue weighted by Crippen LogP contribution is -2.24. The van der Waals surface area contributed by atoms with Crippen LogP contribution < -0.4 is 16.2 Å². The van der Waals surface area contributed by atoms with Gasteiger partial charge in [-0.25, -0.2) is 0 Å². The van der Waals surface area contributed by atoms with Crippen LogP contribution in [0.1, 0.15) is 6.92 Å². The molecule has 0 radical (unpaired) electrons. The van der Waals surface area contributed by atoms with Crippen LogP contribution in [0.4, 0.5) is 0 Å². The van der Waals surface area contributed by atoms with E-state index < -0.39 is 0 Å². The summed E-state index contributed by atoms with van der Waals surface area (Å²) in [6.45, 7) is 1.99. The maximum absolute atomic E-state index is 5.45. The summed E-state index contributed by atoms with van der Waals surface area (Å²) in [6, 6.07) is 8.02. The third kappa shape index (κ3) is 1.99. The zero-order valence-corrected chi connectivity index (χ0v) is 7.20. The van der Waals surface area contributed by atoms with E-state index in [2.05, 4.69) is 0 Å². The smallest absolute Gasteiger partial charge is 0.00175 e. The Bertz CT molecular complexity index is 374. The van der Waals surface area contributed by atoms with Gasteiger partial charge in [-0.3, -0.25) is 0 Å². The van der Waals surface area contributed by atoms with E-state index in [9.17, 15) is 0 Å². The van der Waals surface area contributed by atoms with Crippen LogP contribution in [0.25, 0.3) is 12.3 Å². The predicted molar refractivity (Wildman–Crippen MR) is 53.6 cm³/mol. The molecule has 0 saturated carbocycles. The Hall–Kier alpha value is -1.50. The fraction of sp³-hybridized carbons (Fsp3) is 0.0909. The standard InChI is InChI=1S/C11H13N/c1-2-3-6-10-7-4-5-8-11(10)9-12/h2-9H,12H2,1H3/b3-2+,10-6-,11-9-. The maximum Gasteiger partial charge on any atom is 0.00175 e. The van der Waals surface area contributed by atoms with Crippen LogP contribution in [0.15, 0.2) is 36.4 Å². The SMILES string of the molecule is C/C=C/C=c1/cccc/c1=C/N. The minimum atomic E-state index is 1.07. The molecule has 1 aromatic carbocycles. The molecule has 62 valence electrons. The van der Waals surface area contributed by atoms with Gasteiger partial charge in [0, 0.05) is 6.20 Å². The lowest BCUT2D eigenvalue weighted by Gasteiger charge is -1.86. The van der Waals surface area contributed by atoms with Crippen molar-refractivity contribution in [3.8, 4) is 0 Å². The number of rotatable bonds is 1. The number of benzene rings is 1. The molecule has 0 aliphatic heterocycles. The van der Waals surface area contributed by atoms with Crippen LogP contribution >= 0.6 is 0 Å². The van der Waals surface area contributed by atoms with E-state index in [-0.39, 0.29) is 0 Å². The van der Waals surface area contributed by atoms with Gasteiger partial charge >= 0.3 is 0 Å². The molecule has 0 unspecified atom stereocenters. The Kier molecular flexibility index (Phi) is 3.15. The van der Waals surface area contributed by atoms with Gasteiger partial charge in [-0.1, -0.05) is 42.5 Å². The summed E-state index contributed by atoms with van der Waals surface area (Å²) in [7, 11) is 0. The van der Waals surface area contributed by atoms with Gasteiger partial charge in [0.05, 0.1) is 0 Å². The van der Waals surface area contributed by atoms with Crippen molar-refractivity contribution in [3.05, 3.63) is 46.9 Å². The Morgan fingerprint density at radius 1 is 1.17 bits per heavy atom. The highest BCUT2D eigenvalue weighted by Gasteiger charge is 1.78. The molecule has 0 heterocycles. The van der Waals surface area contributed by atoms with Crippen molar-refractivity contribution in [3.63, 3.8) is 0 Å². The second-order valence-electron chi connectivity index (χ2n) is 2.49. The summed E-state index contributed by atoms with van der Waals surface area (Å²) in [6.07, 6.45) is 7.66. The highest BCUT2D eigenvalue weighted by molar-refractivity contribution is 5.38. The van der Waals surface area contributed by atoms with Crippen LogP contribution in [0.2, 0.25) is 0 Å². The van der Waals surface area contributed by atoms with Crippen molar-refractivity contribution in [2.24, 2.45) is 5.73 Å². The molecule has 0 bridgehead atoms. The first-order valence-corrected chi connectivity index (χ1v) is 3.98. The van der Waals surface area contributed by atoms with Crippen molar-refractivity contribution in [1.29, 1.82) is 0 Å². The molecule has 0 fully saturated rings. The average Bonchev–Trinajstić information content (AvgIpc) is 2.15. The van der Waals surface area contributed by atoms with Gasteiger partial charge in [0.2, 0.25) is 0 Å². The van der Waals surface area contributed by atoms with Gasteiger partial charge in [0.25, 0.3) is 0 Å². The molecule has 0 saturated heterocycles. The zero-order chi connectivity index (χ0) is 8.81. The summed E-state index contributed by atoms with van der Waals surface area (Å²) in [5, 5.41) is 2.22. The molecule has 0 aliphatic carbocycles. The van der Waals surface area contributed by atoms with Crippen LogP contribution in [0.3, 0.4) is 0 Å². The third-order valence-corrected chi connectivity index (χ3v) is 1.64. The molecule has 1 aromatic rings. The topological polar surface area (TPSA) is 26.0 Å². The van der Waals surface area contributed by atoms with Gasteiger partial charge < -0.3 is 5.73 Å². The van der Waals surface area contributed by atoms with E-state index >= 15 is 0 Å². The number of hydrogen-bond donors (Lipinski definition) is 1. The number of allylic oxidation sites excluding steroid dienone is 2. The Labute approximate surface area is 72.5 Å². The third-order valence-electron chi connectivity index (χ3n) is 1.64. The van der Waals surface area contributed by atoms with Gasteiger partial charge in [0.15, 0.2) is 0 Å². The largest absolute Gasteiger partial charge is 0.404 e. The van der Waals surface area contributed by atoms with E-state index in [1.807, 2.05) is 49.4 Å². The number of hydrogen-bond acceptors (Lipinski definition) is 1. The van der Waals surface area contributed by atoms with Crippen molar-refractivity contribution in [1.82, 2.24) is 0 Å². The molecule has 0 atom stereocenters. The highest BCUT2D eigenvalue weighted by atomic mass is 14.5. The highest BCUT2D eigenvalue weighted by Crippen LogP contribution is 1.74. The fourth-order valence-electron chi connectivity index (χ4n) is 1.01. The summed E-state index contributed by atoms with van der Waals surface area (Å²) in [5.41, 5.74) is 5.45. The molecule has 1 nitrogen and oxygen atoms in total. The second-order valence-corrected chi connectivity index (χ2v) is 2.49. The monoisotopic (exact) mass is 159 g/mol. The minimum absolute atomic E-state index is 1.07. The molecular formula is C11H13N. The van der Waals surface area contributed by atoms with Gasteiger partial charge in [0.1, 0.15) is 0 Å². The second kappa shape index (κ2) is 4.39. The van der Waals surface area contributed by atoms with Crippen LogP contribution in [0.5, 0.6) is 0 Å². The first kappa shape index (κ1) is 8.60. The van der Waals surface area contributed by atoms with Gasteiger partial charge in [-0.2, -0.15) is 0 Å². The van der Waals surface area contributed by atoms with E-state index in [1.165, 1.54) is 0 Å². The molecule has 1 rings (SSSR count). The van der Waals surface area contributed by atoms with E-state index in [0.717, 1.165) is 10.4 Å². The lowest BCUT2D eigenvalue weighted by molar-refractivity contribution is 1.49. The molecule has 0 aromatic heterocycles. The van der Waals surface area contributed by atoms with Crippen molar-refractivity contribution in [2.45, 2.75) is 6.92 Å². The average molecular weight is 159 g/mol. The summed E-state index contributed by atoms with van der Waals surface area (Å²) in [4.78, 5) is 0. The van der Waals surface area contributed by atoms with Crippen LogP contribution in [-0.2, 0) is 0 Å². The first-order chi connectivity index (χ1) is 5.88. The minimum Gasteiger partial charge on any atom is -0.404 e. The summed E-state index contributed by atoms with van der Waals surface area (Å²) in [5.74, 6) is 0. The Balaban J connectivity index is 3.33. The fourth-order valence-corrected chi connectivity index (χ4v) is 1.01. The quantitative estimate of drug-likeness (QED) is 0.642. The van der Waals surface area contributed by atoms with Crippen molar-refractivity contribution < 1.29 is 0 Å². The Morgan fingerprint density at radius 2 is 1.83 bits per heavy atom. The van der Waals surface area contributed by atoms with Crippen LogP contribution in [-0.4, -0.2) is 0 Å². The van der Waals surface area contributed by atoms with Gasteiger partial charge in [-0.15, -0.1) is 0 Å². The molecular weight excluding hydrogens is 146 g/mol.